The summed E-state index contributed by atoms with van der Waals surface area (Å²) < 4.78 is 7.50. The molecule has 0 amide bonds. The maximum Gasteiger partial charge on any atom is 0.261 e. The first-order valence-electron chi connectivity index (χ1n) is 12.6. The molecule has 5 heteroatoms. The fraction of sp³-hybridized carbons (Fsp3) is 0.258. The van der Waals surface area contributed by atoms with E-state index in [9.17, 15) is 10.1 Å². The van der Waals surface area contributed by atoms with Crippen LogP contribution in [0.5, 0.6) is 5.75 Å². The molecule has 0 unspecified atom stereocenters. The Morgan fingerprint density at radius 3 is 2.56 bits per heavy atom. The topological polar surface area (TPSA) is 67.9 Å². The van der Waals surface area contributed by atoms with Gasteiger partial charge in [-0.05, 0) is 58.9 Å². The molecule has 0 bridgehead atoms. The highest BCUT2D eigenvalue weighted by Gasteiger charge is 2.20. The van der Waals surface area contributed by atoms with Crippen LogP contribution in [0.4, 0.5) is 0 Å². The fourth-order valence-corrected chi connectivity index (χ4v) is 4.92. The van der Waals surface area contributed by atoms with Crippen LogP contribution in [-0.2, 0) is 25.8 Å². The van der Waals surface area contributed by atoms with E-state index < -0.39 is 0 Å². The number of rotatable bonds is 7. The number of benzene rings is 3. The van der Waals surface area contributed by atoms with E-state index in [0.717, 1.165) is 64.3 Å². The van der Waals surface area contributed by atoms with E-state index in [1.54, 1.807) is 0 Å². The molecule has 0 saturated heterocycles. The molecule has 0 fully saturated rings. The van der Waals surface area contributed by atoms with Gasteiger partial charge in [0, 0.05) is 12.8 Å². The largest absolute Gasteiger partial charge is 0.493 e. The number of hydrogen-bond donors (Lipinski definition) is 0. The van der Waals surface area contributed by atoms with Crippen molar-refractivity contribution in [1.82, 2.24) is 9.55 Å². The molecule has 2 heterocycles. The minimum atomic E-state index is 0.00284. The van der Waals surface area contributed by atoms with E-state index in [-0.39, 0.29) is 5.56 Å². The van der Waals surface area contributed by atoms with Crippen molar-refractivity contribution >= 4 is 0 Å². The van der Waals surface area contributed by atoms with Gasteiger partial charge in [0.2, 0.25) is 0 Å². The lowest BCUT2D eigenvalue weighted by molar-refractivity contribution is 0.357. The van der Waals surface area contributed by atoms with Crippen LogP contribution in [0.25, 0.3) is 22.3 Å². The van der Waals surface area contributed by atoms with E-state index in [1.807, 2.05) is 65.2 Å². The number of aromatic nitrogens is 2. The summed E-state index contributed by atoms with van der Waals surface area (Å²) in [5, 5.41) is 9.45. The summed E-state index contributed by atoms with van der Waals surface area (Å²) in [6.45, 7) is 5.30. The van der Waals surface area contributed by atoms with Crippen LogP contribution in [0, 0.1) is 11.3 Å². The lowest BCUT2D eigenvalue weighted by Gasteiger charge is -2.17. The second-order valence-electron chi connectivity index (χ2n) is 9.12. The summed E-state index contributed by atoms with van der Waals surface area (Å²) >= 11 is 0. The fourth-order valence-electron chi connectivity index (χ4n) is 4.92. The summed E-state index contributed by atoms with van der Waals surface area (Å²) in [5.41, 5.74) is 7.16. The molecule has 5 nitrogen and oxygen atoms in total. The summed E-state index contributed by atoms with van der Waals surface area (Å²) in [6, 6.07) is 24.0. The Morgan fingerprint density at radius 1 is 1.03 bits per heavy atom. The van der Waals surface area contributed by atoms with Crippen molar-refractivity contribution in [1.29, 1.82) is 5.26 Å². The molecule has 4 aromatic rings. The molecule has 0 N–H and O–H groups in total. The molecule has 0 aliphatic carbocycles. The van der Waals surface area contributed by atoms with Gasteiger partial charge in [-0.15, -0.1) is 0 Å². The molecule has 36 heavy (non-hydrogen) atoms. The van der Waals surface area contributed by atoms with Gasteiger partial charge in [-0.3, -0.25) is 9.36 Å². The summed E-state index contributed by atoms with van der Waals surface area (Å²) in [5.74, 6) is 1.73. The molecule has 0 radical (unpaired) electrons. The number of fused-ring (bicyclic) bond motifs is 1. The van der Waals surface area contributed by atoms with Crippen LogP contribution in [0.3, 0.4) is 0 Å². The van der Waals surface area contributed by atoms with Crippen molar-refractivity contribution in [3.63, 3.8) is 0 Å². The predicted molar refractivity (Wildman–Crippen MR) is 142 cm³/mol. The highest BCUT2D eigenvalue weighted by molar-refractivity contribution is 5.71. The molecule has 1 aliphatic heterocycles. The van der Waals surface area contributed by atoms with Gasteiger partial charge < -0.3 is 4.74 Å². The predicted octanol–water partition coefficient (Wildman–Crippen LogP) is 5.95. The Kier molecular flexibility index (Phi) is 6.69. The molecule has 180 valence electrons. The Bertz CT molecular complexity index is 1510. The third kappa shape index (κ3) is 4.43. The number of aryl methyl sites for hydroxylation is 2. The molecule has 5 rings (SSSR count). The maximum atomic E-state index is 14.0. The normalized spacial score (nSPS) is 12.1. The summed E-state index contributed by atoms with van der Waals surface area (Å²) in [7, 11) is 0. The molecule has 1 aromatic heterocycles. The smallest absolute Gasteiger partial charge is 0.261 e. The van der Waals surface area contributed by atoms with Crippen molar-refractivity contribution in [2.75, 3.05) is 6.61 Å². The van der Waals surface area contributed by atoms with Crippen molar-refractivity contribution in [2.45, 2.75) is 46.1 Å². The quantitative estimate of drug-likeness (QED) is 0.331. The number of ether oxygens (including phenoxy) is 1. The highest BCUT2D eigenvalue weighted by Crippen LogP contribution is 2.31. The van der Waals surface area contributed by atoms with Crippen molar-refractivity contribution in [3.05, 3.63) is 105 Å². The Morgan fingerprint density at radius 2 is 1.81 bits per heavy atom. The van der Waals surface area contributed by atoms with E-state index in [0.29, 0.717) is 30.7 Å². The third-order valence-corrected chi connectivity index (χ3v) is 6.76. The van der Waals surface area contributed by atoms with Gasteiger partial charge in [0.15, 0.2) is 0 Å². The Balaban J connectivity index is 1.55. The number of hydrogen-bond acceptors (Lipinski definition) is 4. The molecule has 0 atom stereocenters. The number of nitrogens with zero attached hydrogens (tertiary/aromatic N) is 3. The van der Waals surface area contributed by atoms with Gasteiger partial charge in [0.25, 0.3) is 5.56 Å². The van der Waals surface area contributed by atoms with Crippen LogP contribution < -0.4 is 10.3 Å². The van der Waals surface area contributed by atoms with Crippen molar-refractivity contribution < 1.29 is 4.74 Å². The average molecular weight is 476 g/mol. The average Bonchev–Trinajstić information content (AvgIpc) is 3.39. The van der Waals surface area contributed by atoms with Gasteiger partial charge in [-0.2, -0.15) is 5.26 Å². The second kappa shape index (κ2) is 10.2. The highest BCUT2D eigenvalue weighted by atomic mass is 16.5. The molecular formula is C31H29N3O2. The summed E-state index contributed by atoms with van der Waals surface area (Å²) in [6.07, 6.45) is 3.22. The third-order valence-electron chi connectivity index (χ3n) is 6.76. The summed E-state index contributed by atoms with van der Waals surface area (Å²) in [4.78, 5) is 19.0. The standard InChI is InChI=1S/C31H29N3O2/c1-3-7-29-33-27(4-2)30(24-14-15-28-23(18-24)16-17-36-28)31(35)34(29)20-21-10-12-22(13-11-21)26-9-6-5-8-25(26)19-32/h5-6,8-15,18H,3-4,7,16-17,20H2,1-2H3. The van der Waals surface area contributed by atoms with E-state index >= 15 is 0 Å². The van der Waals surface area contributed by atoms with Gasteiger partial charge in [0.1, 0.15) is 11.6 Å². The molecule has 0 saturated carbocycles. The lowest BCUT2D eigenvalue weighted by Crippen LogP contribution is -2.29. The zero-order chi connectivity index (χ0) is 25.1. The first-order valence-corrected chi connectivity index (χ1v) is 12.6. The first-order chi connectivity index (χ1) is 17.6. The minimum Gasteiger partial charge on any atom is -0.493 e. The van der Waals surface area contributed by atoms with Gasteiger partial charge >= 0.3 is 0 Å². The van der Waals surface area contributed by atoms with Gasteiger partial charge in [-0.25, -0.2) is 4.98 Å². The Hall–Kier alpha value is -4.17. The van der Waals surface area contributed by atoms with Crippen molar-refractivity contribution in [2.24, 2.45) is 0 Å². The van der Waals surface area contributed by atoms with Crippen molar-refractivity contribution in [3.8, 4) is 34.1 Å². The van der Waals surface area contributed by atoms with Gasteiger partial charge in [-0.1, -0.05) is 62.4 Å². The van der Waals surface area contributed by atoms with Crippen LogP contribution in [0.1, 0.15) is 48.5 Å². The SMILES string of the molecule is CCCc1nc(CC)c(-c2ccc3c(c2)CCO3)c(=O)n1Cc1ccc(-c2ccccc2C#N)cc1. The first kappa shape index (κ1) is 23.6. The number of nitriles is 1. The van der Waals surface area contributed by atoms with Crippen LogP contribution >= 0.6 is 0 Å². The van der Waals surface area contributed by atoms with Gasteiger partial charge in [0.05, 0.1) is 36.0 Å². The Labute approximate surface area is 211 Å². The van der Waals surface area contributed by atoms with Crippen LogP contribution in [0.2, 0.25) is 0 Å². The molecule has 1 aliphatic rings. The molecule has 3 aromatic carbocycles. The second-order valence-corrected chi connectivity index (χ2v) is 9.12. The van der Waals surface area contributed by atoms with E-state index in [1.165, 1.54) is 0 Å². The zero-order valence-corrected chi connectivity index (χ0v) is 20.8. The monoisotopic (exact) mass is 475 g/mol. The molecular weight excluding hydrogens is 446 g/mol. The minimum absolute atomic E-state index is 0.00284. The van der Waals surface area contributed by atoms with E-state index in [2.05, 4.69) is 26.0 Å². The van der Waals surface area contributed by atoms with E-state index in [4.69, 9.17) is 9.72 Å². The lowest BCUT2D eigenvalue weighted by atomic mass is 9.99. The maximum absolute atomic E-state index is 14.0. The van der Waals surface area contributed by atoms with Crippen LogP contribution in [0.15, 0.2) is 71.5 Å². The molecule has 0 spiro atoms. The van der Waals surface area contributed by atoms with Crippen LogP contribution in [-0.4, -0.2) is 16.2 Å². The zero-order valence-electron chi connectivity index (χ0n) is 20.8.